The van der Waals surface area contributed by atoms with Gasteiger partial charge in [0.2, 0.25) is 0 Å². The SMILES string of the molecule is CCCCCCCCCCOCCOCCOCCOCCOCCOP(=O)(O)O. The summed E-state index contributed by atoms with van der Waals surface area (Å²) in [7, 11) is -4.41. The van der Waals surface area contributed by atoms with Gasteiger partial charge in [-0.15, -0.1) is 0 Å². The van der Waals surface area contributed by atoms with E-state index >= 15 is 0 Å². The molecule has 0 saturated carbocycles. The number of rotatable bonds is 25. The van der Waals surface area contributed by atoms with Crippen molar-refractivity contribution in [3.8, 4) is 0 Å². The lowest BCUT2D eigenvalue weighted by atomic mass is 10.1. The summed E-state index contributed by atoms with van der Waals surface area (Å²) < 4.78 is 41.4. The van der Waals surface area contributed by atoms with E-state index in [4.69, 9.17) is 33.5 Å². The van der Waals surface area contributed by atoms with Crippen molar-refractivity contribution in [1.82, 2.24) is 0 Å². The maximum Gasteiger partial charge on any atom is 0.469 e. The second kappa shape index (κ2) is 23.6. The third kappa shape index (κ3) is 27.9. The molecular formula is C20H43O9P. The molecule has 0 saturated heterocycles. The van der Waals surface area contributed by atoms with Crippen LogP contribution in [0.1, 0.15) is 58.3 Å². The number of ether oxygens (including phenoxy) is 5. The Balaban J connectivity index is 3.03. The Kier molecular flexibility index (Phi) is 23.5. The molecule has 0 radical (unpaired) electrons. The van der Waals surface area contributed by atoms with Gasteiger partial charge in [0.25, 0.3) is 0 Å². The number of unbranched alkanes of at least 4 members (excludes halogenated alkanes) is 7. The van der Waals surface area contributed by atoms with Gasteiger partial charge in [0, 0.05) is 6.61 Å². The van der Waals surface area contributed by atoms with Crippen LogP contribution < -0.4 is 0 Å². The van der Waals surface area contributed by atoms with Crippen molar-refractivity contribution in [3.05, 3.63) is 0 Å². The van der Waals surface area contributed by atoms with Crippen molar-refractivity contribution >= 4 is 7.82 Å². The van der Waals surface area contributed by atoms with E-state index in [1.54, 1.807) is 0 Å². The molecule has 30 heavy (non-hydrogen) atoms. The first-order chi connectivity index (χ1) is 14.6. The molecule has 0 aromatic rings. The van der Waals surface area contributed by atoms with Gasteiger partial charge < -0.3 is 33.5 Å². The zero-order chi connectivity index (χ0) is 22.2. The van der Waals surface area contributed by atoms with Crippen LogP contribution in [0.5, 0.6) is 0 Å². The van der Waals surface area contributed by atoms with E-state index in [9.17, 15) is 4.57 Å². The van der Waals surface area contributed by atoms with Gasteiger partial charge in [0.05, 0.1) is 66.1 Å². The summed E-state index contributed by atoms with van der Waals surface area (Å²) in [6.45, 7) is 6.88. The fourth-order valence-electron chi connectivity index (χ4n) is 2.53. The lowest BCUT2D eigenvalue weighted by Crippen LogP contribution is -2.14. The van der Waals surface area contributed by atoms with Gasteiger partial charge in [0.1, 0.15) is 0 Å². The zero-order valence-electron chi connectivity index (χ0n) is 18.6. The highest BCUT2D eigenvalue weighted by Gasteiger charge is 2.12. The van der Waals surface area contributed by atoms with E-state index < -0.39 is 7.82 Å². The molecule has 0 aliphatic heterocycles. The lowest BCUT2D eigenvalue weighted by Gasteiger charge is -2.08. The first kappa shape index (κ1) is 29.9. The highest BCUT2D eigenvalue weighted by atomic mass is 31.2. The number of hydrogen-bond acceptors (Lipinski definition) is 7. The Morgan fingerprint density at radius 2 is 0.833 bits per heavy atom. The van der Waals surface area contributed by atoms with E-state index in [0.29, 0.717) is 52.9 Å². The summed E-state index contributed by atoms with van der Waals surface area (Å²) in [4.78, 5) is 16.9. The Morgan fingerprint density at radius 3 is 1.23 bits per heavy atom. The minimum Gasteiger partial charge on any atom is -0.379 e. The quantitative estimate of drug-likeness (QED) is 0.157. The third-order valence-corrected chi connectivity index (χ3v) is 4.64. The molecule has 182 valence electrons. The van der Waals surface area contributed by atoms with Crippen LogP contribution in [0, 0.1) is 0 Å². The van der Waals surface area contributed by atoms with Crippen LogP contribution >= 0.6 is 7.82 Å². The second-order valence-corrected chi connectivity index (χ2v) is 8.10. The largest absolute Gasteiger partial charge is 0.469 e. The maximum absolute atomic E-state index is 10.4. The molecular weight excluding hydrogens is 415 g/mol. The summed E-state index contributed by atoms with van der Waals surface area (Å²) in [5, 5.41) is 0. The van der Waals surface area contributed by atoms with Crippen molar-refractivity contribution in [2.24, 2.45) is 0 Å². The summed E-state index contributed by atoms with van der Waals surface area (Å²) in [6.07, 6.45) is 10.4. The normalized spacial score (nSPS) is 12.0. The van der Waals surface area contributed by atoms with Gasteiger partial charge in [-0.1, -0.05) is 51.9 Å². The van der Waals surface area contributed by atoms with Crippen molar-refractivity contribution in [1.29, 1.82) is 0 Å². The van der Waals surface area contributed by atoms with Crippen LogP contribution in [-0.2, 0) is 32.8 Å². The summed E-state index contributed by atoms with van der Waals surface area (Å²) in [5.41, 5.74) is 0. The fourth-order valence-corrected chi connectivity index (χ4v) is 2.85. The Morgan fingerprint density at radius 1 is 0.500 bits per heavy atom. The third-order valence-electron chi connectivity index (χ3n) is 4.12. The van der Waals surface area contributed by atoms with Crippen LogP contribution in [-0.4, -0.2) is 82.5 Å². The van der Waals surface area contributed by atoms with Gasteiger partial charge in [0.15, 0.2) is 0 Å². The average Bonchev–Trinajstić information content (AvgIpc) is 2.70. The van der Waals surface area contributed by atoms with Gasteiger partial charge in [-0.05, 0) is 6.42 Å². The highest BCUT2D eigenvalue weighted by molar-refractivity contribution is 7.46. The molecule has 0 fully saturated rings. The molecule has 0 aliphatic rings. The molecule has 10 heteroatoms. The van der Waals surface area contributed by atoms with Crippen molar-refractivity contribution < 1.29 is 42.6 Å². The minimum atomic E-state index is -4.41. The zero-order valence-corrected chi connectivity index (χ0v) is 19.5. The van der Waals surface area contributed by atoms with Crippen molar-refractivity contribution in [3.63, 3.8) is 0 Å². The van der Waals surface area contributed by atoms with Gasteiger partial charge in [-0.3, -0.25) is 4.52 Å². The standard InChI is InChI=1S/C20H43O9P/c1-2-3-4-5-6-7-8-9-10-24-11-12-25-13-14-26-15-16-27-17-18-28-19-20-29-30(21,22)23/h2-20H2,1H3,(H2,21,22,23). The molecule has 0 spiro atoms. The molecule has 0 amide bonds. The average molecular weight is 459 g/mol. The Hall–Kier alpha value is -0.0900. The first-order valence-corrected chi connectivity index (χ1v) is 12.7. The predicted octanol–water partition coefficient (Wildman–Crippen LogP) is 3.32. The second-order valence-electron chi connectivity index (χ2n) is 6.86. The summed E-state index contributed by atoms with van der Waals surface area (Å²) in [6, 6.07) is 0. The van der Waals surface area contributed by atoms with Crippen LogP contribution in [0.4, 0.5) is 0 Å². The molecule has 9 nitrogen and oxygen atoms in total. The van der Waals surface area contributed by atoms with E-state index in [1.165, 1.54) is 44.9 Å². The molecule has 0 aromatic heterocycles. The molecule has 0 atom stereocenters. The van der Waals surface area contributed by atoms with E-state index in [-0.39, 0.29) is 13.2 Å². The van der Waals surface area contributed by atoms with E-state index in [2.05, 4.69) is 11.4 Å². The molecule has 0 aromatic carbocycles. The Labute approximate surface area is 181 Å². The smallest absolute Gasteiger partial charge is 0.379 e. The number of phosphoric ester groups is 1. The Bertz CT molecular complexity index is 379. The fraction of sp³-hybridized carbons (Fsp3) is 1.00. The van der Waals surface area contributed by atoms with Crippen LogP contribution in [0.3, 0.4) is 0 Å². The molecule has 2 N–H and O–H groups in total. The van der Waals surface area contributed by atoms with E-state index in [0.717, 1.165) is 13.0 Å². The first-order valence-electron chi connectivity index (χ1n) is 11.1. The molecule has 0 heterocycles. The van der Waals surface area contributed by atoms with Crippen LogP contribution in [0.15, 0.2) is 0 Å². The highest BCUT2D eigenvalue weighted by Crippen LogP contribution is 2.35. The number of phosphoric acid groups is 1. The van der Waals surface area contributed by atoms with Gasteiger partial charge in [-0.25, -0.2) is 4.57 Å². The lowest BCUT2D eigenvalue weighted by molar-refractivity contribution is -0.0134. The van der Waals surface area contributed by atoms with E-state index in [1.807, 2.05) is 0 Å². The molecule has 0 aliphatic carbocycles. The minimum absolute atomic E-state index is 0.102. The topological polar surface area (TPSA) is 113 Å². The van der Waals surface area contributed by atoms with Gasteiger partial charge >= 0.3 is 7.82 Å². The summed E-state index contributed by atoms with van der Waals surface area (Å²) >= 11 is 0. The number of hydrogen-bond donors (Lipinski definition) is 2. The summed E-state index contributed by atoms with van der Waals surface area (Å²) in [5.74, 6) is 0. The maximum atomic E-state index is 10.4. The monoisotopic (exact) mass is 458 g/mol. The molecule has 0 bridgehead atoms. The molecule has 0 rings (SSSR count). The van der Waals surface area contributed by atoms with Crippen molar-refractivity contribution in [2.45, 2.75) is 58.3 Å². The van der Waals surface area contributed by atoms with Crippen LogP contribution in [0.2, 0.25) is 0 Å². The molecule has 0 unspecified atom stereocenters. The predicted molar refractivity (Wildman–Crippen MR) is 115 cm³/mol. The van der Waals surface area contributed by atoms with Crippen molar-refractivity contribution in [2.75, 3.05) is 72.7 Å². The van der Waals surface area contributed by atoms with Gasteiger partial charge in [-0.2, -0.15) is 0 Å². The van der Waals surface area contributed by atoms with Crippen LogP contribution in [0.25, 0.3) is 0 Å².